The van der Waals surface area contributed by atoms with Crippen molar-refractivity contribution in [2.75, 3.05) is 7.11 Å². The van der Waals surface area contributed by atoms with Crippen LogP contribution in [0, 0.1) is 13.8 Å². The van der Waals surface area contributed by atoms with Crippen LogP contribution in [0.1, 0.15) is 27.4 Å². The zero-order valence-electron chi connectivity index (χ0n) is 13.5. The molecule has 3 aromatic rings. The molecule has 0 saturated heterocycles. The number of benzene rings is 1. The van der Waals surface area contributed by atoms with Crippen LogP contribution < -0.4 is 0 Å². The zero-order chi connectivity index (χ0) is 17.1. The lowest BCUT2D eigenvalue weighted by Gasteiger charge is -2.03. The average Bonchev–Trinajstić information content (AvgIpc) is 3.19. The summed E-state index contributed by atoms with van der Waals surface area (Å²) in [6, 6.07) is 9.75. The molecule has 0 aliphatic rings. The fourth-order valence-electron chi connectivity index (χ4n) is 2.17. The van der Waals surface area contributed by atoms with Crippen molar-refractivity contribution >= 4 is 17.7 Å². The van der Waals surface area contributed by atoms with E-state index in [4.69, 9.17) is 9.15 Å². The fraction of sp³-hybridized carbons (Fsp3) is 0.250. The average molecular weight is 344 g/mol. The second kappa shape index (κ2) is 6.88. The molecule has 0 unspecified atom stereocenters. The fourth-order valence-corrected chi connectivity index (χ4v) is 2.94. The smallest absolute Gasteiger partial charge is 0.374 e. The van der Waals surface area contributed by atoms with Crippen LogP contribution in [0.3, 0.4) is 0 Å². The molecule has 8 heteroatoms. The van der Waals surface area contributed by atoms with Crippen molar-refractivity contribution in [1.82, 2.24) is 20.2 Å². The van der Waals surface area contributed by atoms with Crippen molar-refractivity contribution in [1.29, 1.82) is 0 Å². The highest BCUT2D eigenvalue weighted by atomic mass is 32.2. The number of rotatable bonds is 5. The predicted octanol–water partition coefficient (Wildman–Crippen LogP) is 2.95. The molecule has 24 heavy (non-hydrogen) atoms. The van der Waals surface area contributed by atoms with Crippen molar-refractivity contribution in [2.24, 2.45) is 0 Å². The van der Waals surface area contributed by atoms with Crippen molar-refractivity contribution in [3.05, 3.63) is 53.0 Å². The highest BCUT2D eigenvalue weighted by Crippen LogP contribution is 2.25. The third-order valence-corrected chi connectivity index (χ3v) is 4.34. The van der Waals surface area contributed by atoms with E-state index in [1.165, 1.54) is 24.4 Å². The van der Waals surface area contributed by atoms with Crippen LogP contribution in [0.25, 0.3) is 5.69 Å². The number of carbonyl (C=O) groups excluding carboxylic acids is 1. The Bertz CT molecular complexity index is 855. The van der Waals surface area contributed by atoms with Gasteiger partial charge in [-0.15, -0.1) is 5.10 Å². The van der Waals surface area contributed by atoms with Gasteiger partial charge in [0.1, 0.15) is 5.76 Å². The highest BCUT2D eigenvalue weighted by Gasteiger charge is 2.17. The number of ether oxygens (including phenoxy) is 1. The van der Waals surface area contributed by atoms with Gasteiger partial charge in [-0.05, 0) is 42.5 Å². The Morgan fingerprint density at radius 2 is 2.04 bits per heavy atom. The minimum Gasteiger partial charge on any atom is -0.463 e. The SMILES string of the molecule is COC(=O)c1oc(CSc2nnnn2-c2ccc(C)cc2)cc1C. The monoisotopic (exact) mass is 344 g/mol. The quantitative estimate of drug-likeness (QED) is 0.520. The molecule has 124 valence electrons. The third-order valence-electron chi connectivity index (χ3n) is 3.40. The number of esters is 1. The summed E-state index contributed by atoms with van der Waals surface area (Å²) in [6.07, 6.45) is 0. The van der Waals surface area contributed by atoms with Gasteiger partial charge >= 0.3 is 5.97 Å². The van der Waals surface area contributed by atoms with Gasteiger partial charge in [0.2, 0.25) is 10.9 Å². The van der Waals surface area contributed by atoms with E-state index in [0.29, 0.717) is 16.7 Å². The van der Waals surface area contributed by atoms with Crippen molar-refractivity contribution in [3.63, 3.8) is 0 Å². The summed E-state index contributed by atoms with van der Waals surface area (Å²) in [6.45, 7) is 3.83. The van der Waals surface area contributed by atoms with Gasteiger partial charge in [0.05, 0.1) is 18.6 Å². The van der Waals surface area contributed by atoms with E-state index in [1.807, 2.05) is 37.3 Å². The van der Waals surface area contributed by atoms with Crippen LogP contribution >= 0.6 is 11.8 Å². The lowest BCUT2D eigenvalue weighted by molar-refractivity contribution is 0.0562. The van der Waals surface area contributed by atoms with Crippen LogP contribution in [0.15, 0.2) is 39.9 Å². The van der Waals surface area contributed by atoms with E-state index in [9.17, 15) is 4.79 Å². The maximum absolute atomic E-state index is 11.6. The van der Waals surface area contributed by atoms with Gasteiger partial charge < -0.3 is 9.15 Å². The zero-order valence-corrected chi connectivity index (χ0v) is 14.3. The van der Waals surface area contributed by atoms with Gasteiger partial charge in [0, 0.05) is 5.56 Å². The number of aromatic nitrogens is 4. The first-order chi connectivity index (χ1) is 11.6. The number of furan rings is 1. The minimum atomic E-state index is -0.478. The standard InChI is InChI=1S/C16H16N4O3S/c1-10-4-6-12(7-5-10)20-16(17-18-19-20)24-9-13-8-11(2)14(23-13)15(21)22-3/h4-8H,9H2,1-3H3. The second-order valence-corrected chi connectivity index (χ2v) is 6.16. The first-order valence-corrected chi connectivity index (χ1v) is 8.23. The summed E-state index contributed by atoms with van der Waals surface area (Å²) in [4.78, 5) is 11.6. The maximum Gasteiger partial charge on any atom is 0.374 e. The van der Waals surface area contributed by atoms with Crippen molar-refractivity contribution in [2.45, 2.75) is 24.8 Å². The summed E-state index contributed by atoms with van der Waals surface area (Å²) in [7, 11) is 1.33. The van der Waals surface area contributed by atoms with Crippen LogP contribution in [-0.2, 0) is 10.5 Å². The van der Waals surface area contributed by atoms with Crippen molar-refractivity contribution in [3.8, 4) is 5.69 Å². The number of thioether (sulfide) groups is 1. The number of nitrogens with zero attached hydrogens (tertiary/aromatic N) is 4. The molecule has 0 spiro atoms. The topological polar surface area (TPSA) is 83.0 Å². The van der Waals surface area contributed by atoms with Crippen LogP contribution in [-0.4, -0.2) is 33.3 Å². The molecular formula is C16H16N4O3S. The number of hydrogen-bond acceptors (Lipinski definition) is 7. The van der Waals surface area contributed by atoms with E-state index < -0.39 is 5.97 Å². The summed E-state index contributed by atoms with van der Waals surface area (Å²) in [5.74, 6) is 0.917. The summed E-state index contributed by atoms with van der Waals surface area (Å²) in [5, 5.41) is 12.4. The molecule has 0 N–H and O–H groups in total. The number of hydrogen-bond donors (Lipinski definition) is 0. The maximum atomic E-state index is 11.6. The van der Waals surface area contributed by atoms with Crippen molar-refractivity contribution < 1.29 is 13.9 Å². The molecule has 7 nitrogen and oxygen atoms in total. The molecule has 0 amide bonds. The Labute approximate surface area is 143 Å². The predicted molar refractivity (Wildman–Crippen MR) is 88.2 cm³/mol. The van der Waals surface area contributed by atoms with Gasteiger partial charge in [-0.2, -0.15) is 4.68 Å². The van der Waals surface area contributed by atoms with E-state index >= 15 is 0 Å². The van der Waals surface area contributed by atoms with E-state index in [2.05, 4.69) is 15.5 Å². The molecular weight excluding hydrogens is 328 g/mol. The van der Waals surface area contributed by atoms with Crippen LogP contribution in [0.5, 0.6) is 0 Å². The van der Waals surface area contributed by atoms with E-state index in [0.717, 1.165) is 11.3 Å². The summed E-state index contributed by atoms with van der Waals surface area (Å²) < 4.78 is 11.9. The highest BCUT2D eigenvalue weighted by molar-refractivity contribution is 7.98. The lowest BCUT2D eigenvalue weighted by Crippen LogP contribution is -2.00. The molecule has 0 radical (unpaired) electrons. The third kappa shape index (κ3) is 3.33. The molecule has 0 atom stereocenters. The van der Waals surface area contributed by atoms with Gasteiger partial charge in [-0.25, -0.2) is 4.79 Å². The first kappa shape index (κ1) is 16.3. The molecule has 0 saturated carbocycles. The Balaban J connectivity index is 1.75. The second-order valence-electron chi connectivity index (χ2n) is 5.21. The van der Waals surface area contributed by atoms with Gasteiger partial charge in [-0.3, -0.25) is 0 Å². The largest absolute Gasteiger partial charge is 0.463 e. The molecule has 2 heterocycles. The van der Waals surface area contributed by atoms with Crippen LogP contribution in [0.2, 0.25) is 0 Å². The Morgan fingerprint density at radius 3 is 2.75 bits per heavy atom. The first-order valence-electron chi connectivity index (χ1n) is 7.24. The Kier molecular flexibility index (Phi) is 4.66. The number of tetrazole rings is 1. The Morgan fingerprint density at radius 1 is 1.29 bits per heavy atom. The normalized spacial score (nSPS) is 10.8. The van der Waals surface area contributed by atoms with E-state index in [-0.39, 0.29) is 5.76 Å². The molecule has 1 aromatic carbocycles. The molecule has 2 aromatic heterocycles. The molecule has 0 fully saturated rings. The summed E-state index contributed by atoms with van der Waals surface area (Å²) >= 11 is 1.43. The number of methoxy groups -OCH3 is 1. The molecule has 0 aliphatic carbocycles. The molecule has 3 rings (SSSR count). The summed E-state index contributed by atoms with van der Waals surface area (Å²) in [5.41, 5.74) is 2.80. The molecule has 0 aliphatic heterocycles. The number of aryl methyl sites for hydroxylation is 2. The lowest BCUT2D eigenvalue weighted by atomic mass is 10.2. The minimum absolute atomic E-state index is 0.228. The van der Waals surface area contributed by atoms with Gasteiger partial charge in [-0.1, -0.05) is 29.5 Å². The number of carbonyl (C=O) groups is 1. The molecule has 0 bridgehead atoms. The van der Waals surface area contributed by atoms with E-state index in [1.54, 1.807) is 11.6 Å². The Hall–Kier alpha value is -2.61. The van der Waals surface area contributed by atoms with Gasteiger partial charge in [0.25, 0.3) is 0 Å². The van der Waals surface area contributed by atoms with Gasteiger partial charge in [0.15, 0.2) is 0 Å². The van der Waals surface area contributed by atoms with Crippen LogP contribution in [0.4, 0.5) is 0 Å².